The zero-order chi connectivity index (χ0) is 18.0. The Hall–Kier alpha value is -1.82. The lowest BCUT2D eigenvalue weighted by Crippen LogP contribution is -2.40. The van der Waals surface area contributed by atoms with Gasteiger partial charge in [0.25, 0.3) is 5.91 Å². The van der Waals surface area contributed by atoms with Crippen molar-refractivity contribution in [3.63, 3.8) is 0 Å². The van der Waals surface area contributed by atoms with Gasteiger partial charge in [-0.3, -0.25) is 9.69 Å². The lowest BCUT2D eigenvalue weighted by Gasteiger charge is -2.33. The van der Waals surface area contributed by atoms with Crippen molar-refractivity contribution in [1.29, 1.82) is 0 Å². The van der Waals surface area contributed by atoms with E-state index in [0.29, 0.717) is 22.9 Å². The zero-order valence-electron chi connectivity index (χ0n) is 15.3. The number of aryl methyl sites for hydroxylation is 1. The average Bonchev–Trinajstić information content (AvgIpc) is 2.78. The van der Waals surface area contributed by atoms with Gasteiger partial charge in [0, 0.05) is 37.9 Å². The van der Waals surface area contributed by atoms with Crippen LogP contribution >= 0.6 is 0 Å². The standard InChI is InChI=1S/C19H29N3O3/c1-13-16(14(2)20-17(13)19(24)25)18(23)22-10-6-9-21(11-12-22)15-7-4-3-5-8-15/h15,20H,3-12H2,1-2H3,(H,24,25). The summed E-state index contributed by atoms with van der Waals surface area (Å²) in [6.07, 6.45) is 7.55. The predicted molar refractivity (Wildman–Crippen MR) is 96.2 cm³/mol. The quantitative estimate of drug-likeness (QED) is 0.881. The van der Waals surface area contributed by atoms with Gasteiger partial charge in [0.15, 0.2) is 0 Å². The molecule has 0 bridgehead atoms. The molecule has 0 aromatic carbocycles. The number of carbonyl (C=O) groups excluding carboxylic acids is 1. The van der Waals surface area contributed by atoms with Crippen LogP contribution in [0.5, 0.6) is 0 Å². The molecule has 0 atom stereocenters. The van der Waals surface area contributed by atoms with Crippen LogP contribution in [0.3, 0.4) is 0 Å². The van der Waals surface area contributed by atoms with Gasteiger partial charge in [-0.15, -0.1) is 0 Å². The number of nitrogens with zero attached hydrogens (tertiary/aromatic N) is 2. The van der Waals surface area contributed by atoms with E-state index in [2.05, 4.69) is 9.88 Å². The number of aromatic nitrogens is 1. The summed E-state index contributed by atoms with van der Waals surface area (Å²) in [4.78, 5) is 31.6. The number of hydrogen-bond acceptors (Lipinski definition) is 3. The molecule has 6 nitrogen and oxygen atoms in total. The second kappa shape index (κ2) is 7.60. The number of nitrogens with one attached hydrogen (secondary N) is 1. The monoisotopic (exact) mass is 347 g/mol. The van der Waals surface area contributed by atoms with Gasteiger partial charge in [0.2, 0.25) is 0 Å². The molecule has 1 amide bonds. The van der Waals surface area contributed by atoms with Gasteiger partial charge < -0.3 is 15.0 Å². The highest BCUT2D eigenvalue weighted by atomic mass is 16.4. The van der Waals surface area contributed by atoms with E-state index < -0.39 is 5.97 Å². The molecular formula is C19H29N3O3. The fraction of sp³-hybridized carbons (Fsp3) is 0.684. The third-order valence-corrected chi connectivity index (χ3v) is 5.77. The summed E-state index contributed by atoms with van der Waals surface area (Å²) in [5.41, 5.74) is 1.85. The van der Waals surface area contributed by atoms with Gasteiger partial charge in [-0.25, -0.2) is 4.79 Å². The first-order valence-corrected chi connectivity index (χ1v) is 9.45. The molecule has 1 saturated carbocycles. The van der Waals surface area contributed by atoms with Crippen LogP contribution in [-0.4, -0.2) is 64.0 Å². The minimum Gasteiger partial charge on any atom is -0.477 e. The summed E-state index contributed by atoms with van der Waals surface area (Å²) in [6.45, 7) is 6.94. The SMILES string of the molecule is Cc1[nH]c(C(=O)O)c(C)c1C(=O)N1CCCN(C2CCCCC2)CC1. The van der Waals surface area contributed by atoms with Gasteiger partial charge in [-0.05, 0) is 38.7 Å². The van der Waals surface area contributed by atoms with E-state index in [4.69, 9.17) is 0 Å². The third-order valence-electron chi connectivity index (χ3n) is 5.77. The van der Waals surface area contributed by atoms with Gasteiger partial charge in [0.1, 0.15) is 5.69 Å². The van der Waals surface area contributed by atoms with Crippen LogP contribution in [-0.2, 0) is 0 Å². The van der Waals surface area contributed by atoms with Crippen molar-refractivity contribution in [3.8, 4) is 0 Å². The van der Waals surface area contributed by atoms with E-state index in [0.717, 1.165) is 32.6 Å². The molecule has 1 aromatic rings. The first-order valence-electron chi connectivity index (χ1n) is 9.45. The van der Waals surface area contributed by atoms with Gasteiger partial charge in [-0.2, -0.15) is 0 Å². The number of carboxylic acids is 1. The van der Waals surface area contributed by atoms with E-state index in [1.165, 1.54) is 32.1 Å². The van der Waals surface area contributed by atoms with Crippen LogP contribution < -0.4 is 0 Å². The molecule has 0 spiro atoms. The van der Waals surface area contributed by atoms with E-state index in [9.17, 15) is 14.7 Å². The first-order chi connectivity index (χ1) is 12.0. The second-order valence-electron chi connectivity index (χ2n) is 7.40. The van der Waals surface area contributed by atoms with Crippen LogP contribution in [0.2, 0.25) is 0 Å². The molecule has 1 aliphatic carbocycles. The van der Waals surface area contributed by atoms with Gasteiger partial charge >= 0.3 is 5.97 Å². The lowest BCUT2D eigenvalue weighted by atomic mass is 9.94. The van der Waals surface area contributed by atoms with Crippen LogP contribution in [0, 0.1) is 13.8 Å². The molecule has 0 radical (unpaired) electrons. The number of rotatable bonds is 3. The van der Waals surface area contributed by atoms with Crippen LogP contribution in [0.4, 0.5) is 0 Å². The van der Waals surface area contributed by atoms with E-state index in [1.54, 1.807) is 13.8 Å². The fourth-order valence-electron chi connectivity index (χ4n) is 4.39. The molecule has 1 aromatic heterocycles. The average molecular weight is 347 g/mol. The second-order valence-corrected chi connectivity index (χ2v) is 7.40. The number of carboxylic acid groups (broad SMARTS) is 1. The van der Waals surface area contributed by atoms with E-state index in [1.807, 2.05) is 4.90 Å². The highest BCUT2D eigenvalue weighted by molar-refractivity contribution is 6.00. The number of aromatic carboxylic acids is 1. The molecule has 1 saturated heterocycles. The Labute approximate surface area is 149 Å². The van der Waals surface area contributed by atoms with Gasteiger partial charge in [-0.1, -0.05) is 19.3 Å². The number of H-pyrrole nitrogens is 1. The Morgan fingerprint density at radius 2 is 1.72 bits per heavy atom. The summed E-state index contributed by atoms with van der Waals surface area (Å²) in [6, 6.07) is 0.679. The summed E-state index contributed by atoms with van der Waals surface area (Å²) >= 11 is 0. The summed E-state index contributed by atoms with van der Waals surface area (Å²) < 4.78 is 0. The number of hydrogen-bond donors (Lipinski definition) is 2. The minimum absolute atomic E-state index is 0.0377. The van der Waals surface area contributed by atoms with E-state index in [-0.39, 0.29) is 11.6 Å². The Morgan fingerprint density at radius 1 is 1.00 bits per heavy atom. The van der Waals surface area contributed by atoms with Crippen LogP contribution in [0.1, 0.15) is 70.6 Å². The molecule has 2 fully saturated rings. The topological polar surface area (TPSA) is 76.6 Å². The zero-order valence-corrected chi connectivity index (χ0v) is 15.3. The summed E-state index contributed by atoms with van der Waals surface area (Å²) in [5.74, 6) is -1.05. The van der Waals surface area contributed by atoms with Crippen molar-refractivity contribution in [3.05, 3.63) is 22.5 Å². The van der Waals surface area contributed by atoms with Crippen LogP contribution in [0.15, 0.2) is 0 Å². The normalized spacial score (nSPS) is 20.5. The maximum Gasteiger partial charge on any atom is 0.352 e. The Morgan fingerprint density at radius 3 is 2.36 bits per heavy atom. The maximum absolute atomic E-state index is 13.0. The first kappa shape index (κ1) is 18.0. The fourth-order valence-corrected chi connectivity index (χ4v) is 4.39. The smallest absolute Gasteiger partial charge is 0.352 e. The molecule has 138 valence electrons. The van der Waals surface area contributed by atoms with Gasteiger partial charge in [0.05, 0.1) is 5.56 Å². The van der Waals surface area contributed by atoms with Crippen LogP contribution in [0.25, 0.3) is 0 Å². The number of amides is 1. The number of aromatic amines is 1. The molecule has 2 aliphatic rings. The molecule has 25 heavy (non-hydrogen) atoms. The summed E-state index contributed by atoms with van der Waals surface area (Å²) in [5, 5.41) is 9.26. The van der Waals surface area contributed by atoms with Crippen molar-refractivity contribution in [1.82, 2.24) is 14.8 Å². The van der Waals surface area contributed by atoms with Crippen molar-refractivity contribution < 1.29 is 14.7 Å². The maximum atomic E-state index is 13.0. The minimum atomic E-state index is -1.01. The summed E-state index contributed by atoms with van der Waals surface area (Å²) in [7, 11) is 0. The van der Waals surface area contributed by atoms with E-state index >= 15 is 0 Å². The van der Waals surface area contributed by atoms with Crippen molar-refractivity contribution in [2.45, 2.75) is 58.4 Å². The number of carbonyl (C=O) groups is 2. The van der Waals surface area contributed by atoms with Crippen molar-refractivity contribution in [2.75, 3.05) is 26.2 Å². The Kier molecular flexibility index (Phi) is 5.47. The van der Waals surface area contributed by atoms with Crippen molar-refractivity contribution in [2.24, 2.45) is 0 Å². The highest BCUT2D eigenvalue weighted by Gasteiger charge is 2.28. The van der Waals surface area contributed by atoms with Crippen molar-refractivity contribution >= 4 is 11.9 Å². The Balaban J connectivity index is 1.70. The molecular weight excluding hydrogens is 318 g/mol. The molecule has 6 heteroatoms. The molecule has 0 unspecified atom stereocenters. The molecule has 2 heterocycles. The predicted octanol–water partition coefficient (Wildman–Crippen LogP) is 2.81. The molecule has 2 N–H and O–H groups in total. The molecule has 3 rings (SSSR count). The third kappa shape index (κ3) is 3.73. The lowest BCUT2D eigenvalue weighted by molar-refractivity contribution is 0.0690. The molecule has 1 aliphatic heterocycles. The highest BCUT2D eigenvalue weighted by Crippen LogP contribution is 2.25. The Bertz CT molecular complexity index is 647. The largest absolute Gasteiger partial charge is 0.477 e.